The molecular weight excluding hydrogens is 172 g/mol. The zero-order valence-corrected chi connectivity index (χ0v) is 9.43. The molecule has 0 aliphatic carbocycles. The van der Waals surface area contributed by atoms with Gasteiger partial charge < -0.3 is 5.32 Å². The molecule has 2 nitrogen and oxygen atoms in total. The molecule has 0 radical (unpaired) electrons. The fourth-order valence-corrected chi connectivity index (χ4v) is 1.57. The van der Waals surface area contributed by atoms with E-state index in [1.54, 1.807) is 0 Å². The minimum Gasteiger partial charge on any atom is -0.316 e. The Balaban J connectivity index is 2.42. The first kappa shape index (κ1) is 11.2. The third-order valence-corrected chi connectivity index (χ3v) is 2.14. The van der Waals surface area contributed by atoms with Gasteiger partial charge in [-0.1, -0.05) is 6.92 Å². The van der Waals surface area contributed by atoms with Gasteiger partial charge in [-0.05, 0) is 44.5 Å². The van der Waals surface area contributed by atoms with Crippen LogP contribution in [0.4, 0.5) is 0 Å². The summed E-state index contributed by atoms with van der Waals surface area (Å²) in [5.74, 6) is 0. The van der Waals surface area contributed by atoms with Crippen molar-refractivity contribution in [3.8, 4) is 0 Å². The van der Waals surface area contributed by atoms with Crippen LogP contribution in [-0.4, -0.2) is 18.1 Å². The van der Waals surface area contributed by atoms with Crippen molar-refractivity contribution in [2.24, 2.45) is 0 Å². The summed E-state index contributed by atoms with van der Waals surface area (Å²) in [7, 11) is 0. The first-order chi connectivity index (χ1) is 6.72. The molecule has 2 heteroatoms. The molecule has 1 heterocycles. The molecule has 0 spiro atoms. The van der Waals surface area contributed by atoms with Crippen molar-refractivity contribution in [2.45, 2.75) is 33.6 Å². The second kappa shape index (κ2) is 5.76. The summed E-state index contributed by atoms with van der Waals surface area (Å²) in [4.78, 5) is 4.49. The van der Waals surface area contributed by atoms with Crippen molar-refractivity contribution in [3.63, 3.8) is 0 Å². The molecule has 0 aliphatic heterocycles. The van der Waals surface area contributed by atoms with Gasteiger partial charge in [0.1, 0.15) is 0 Å². The second-order valence-electron chi connectivity index (χ2n) is 3.78. The number of hydrogen-bond donors (Lipinski definition) is 1. The van der Waals surface area contributed by atoms with E-state index in [4.69, 9.17) is 0 Å². The highest BCUT2D eigenvalue weighted by atomic mass is 14.8. The summed E-state index contributed by atoms with van der Waals surface area (Å²) < 4.78 is 0. The van der Waals surface area contributed by atoms with Crippen LogP contribution in [0.5, 0.6) is 0 Å². The number of nitrogens with one attached hydrogen (secondary N) is 1. The topological polar surface area (TPSA) is 24.9 Å². The minimum atomic E-state index is 1.03. The molecule has 78 valence electrons. The SMILES string of the molecule is CCCNCCc1cc(C)cc(C)n1. The molecule has 0 atom stereocenters. The van der Waals surface area contributed by atoms with Crippen LogP contribution in [0.15, 0.2) is 12.1 Å². The summed E-state index contributed by atoms with van der Waals surface area (Å²) in [5.41, 5.74) is 3.63. The van der Waals surface area contributed by atoms with Gasteiger partial charge in [0, 0.05) is 24.4 Å². The molecule has 0 amide bonds. The van der Waals surface area contributed by atoms with Crippen molar-refractivity contribution in [1.29, 1.82) is 0 Å². The zero-order valence-electron chi connectivity index (χ0n) is 9.43. The highest BCUT2D eigenvalue weighted by Crippen LogP contribution is 2.04. The molecule has 14 heavy (non-hydrogen) atoms. The lowest BCUT2D eigenvalue weighted by atomic mass is 10.2. The van der Waals surface area contributed by atoms with Crippen molar-refractivity contribution in [1.82, 2.24) is 10.3 Å². The fourth-order valence-electron chi connectivity index (χ4n) is 1.57. The predicted molar refractivity (Wildman–Crippen MR) is 60.6 cm³/mol. The average molecular weight is 192 g/mol. The minimum absolute atomic E-state index is 1.03. The highest BCUT2D eigenvalue weighted by Gasteiger charge is 1.96. The predicted octanol–water partition coefficient (Wildman–Crippen LogP) is 2.24. The van der Waals surface area contributed by atoms with Crippen LogP contribution in [-0.2, 0) is 6.42 Å². The van der Waals surface area contributed by atoms with Crippen LogP contribution >= 0.6 is 0 Å². The first-order valence-electron chi connectivity index (χ1n) is 5.37. The lowest BCUT2D eigenvalue weighted by molar-refractivity contribution is 0.665. The Bertz CT molecular complexity index is 261. The van der Waals surface area contributed by atoms with E-state index in [0.717, 1.165) is 25.2 Å². The lowest BCUT2D eigenvalue weighted by Gasteiger charge is -2.04. The van der Waals surface area contributed by atoms with E-state index in [1.165, 1.54) is 17.7 Å². The normalized spacial score (nSPS) is 10.5. The van der Waals surface area contributed by atoms with Gasteiger partial charge >= 0.3 is 0 Å². The molecule has 0 saturated heterocycles. The van der Waals surface area contributed by atoms with Gasteiger partial charge in [-0.3, -0.25) is 4.98 Å². The summed E-state index contributed by atoms with van der Waals surface area (Å²) in [6, 6.07) is 4.28. The molecule has 0 bridgehead atoms. The standard InChI is InChI=1S/C12H20N2/c1-4-6-13-7-5-12-9-10(2)8-11(3)14-12/h8-9,13H,4-7H2,1-3H3. The third-order valence-electron chi connectivity index (χ3n) is 2.14. The molecule has 1 rings (SSSR count). The van der Waals surface area contributed by atoms with Gasteiger partial charge in [0.25, 0.3) is 0 Å². The van der Waals surface area contributed by atoms with Crippen LogP contribution in [0, 0.1) is 13.8 Å². The Morgan fingerprint density at radius 2 is 2.00 bits per heavy atom. The number of hydrogen-bond acceptors (Lipinski definition) is 2. The van der Waals surface area contributed by atoms with E-state index < -0.39 is 0 Å². The Hall–Kier alpha value is -0.890. The largest absolute Gasteiger partial charge is 0.316 e. The van der Waals surface area contributed by atoms with Crippen molar-refractivity contribution >= 4 is 0 Å². The maximum absolute atomic E-state index is 4.49. The number of aryl methyl sites for hydroxylation is 2. The monoisotopic (exact) mass is 192 g/mol. The number of nitrogens with zero attached hydrogens (tertiary/aromatic N) is 1. The smallest absolute Gasteiger partial charge is 0.0422 e. The van der Waals surface area contributed by atoms with Gasteiger partial charge in [0.15, 0.2) is 0 Å². The summed E-state index contributed by atoms with van der Waals surface area (Å²) in [6.07, 6.45) is 2.22. The molecule has 0 unspecified atom stereocenters. The molecule has 0 fully saturated rings. The Kier molecular flexibility index (Phi) is 4.60. The summed E-state index contributed by atoms with van der Waals surface area (Å²) in [5, 5.41) is 3.38. The molecule has 1 aromatic heterocycles. The molecule has 1 N–H and O–H groups in total. The van der Waals surface area contributed by atoms with Crippen LogP contribution in [0.1, 0.15) is 30.3 Å². The van der Waals surface area contributed by atoms with Gasteiger partial charge in [0.2, 0.25) is 0 Å². The highest BCUT2D eigenvalue weighted by molar-refractivity contribution is 5.19. The first-order valence-corrected chi connectivity index (χ1v) is 5.37. The van der Waals surface area contributed by atoms with E-state index in [0.29, 0.717) is 0 Å². The Morgan fingerprint density at radius 3 is 2.64 bits per heavy atom. The van der Waals surface area contributed by atoms with Gasteiger partial charge in [-0.25, -0.2) is 0 Å². The number of rotatable bonds is 5. The molecule has 0 aromatic carbocycles. The zero-order chi connectivity index (χ0) is 10.4. The Labute approximate surface area is 86.8 Å². The maximum atomic E-state index is 4.49. The van der Waals surface area contributed by atoms with E-state index >= 15 is 0 Å². The van der Waals surface area contributed by atoms with Crippen LogP contribution in [0.3, 0.4) is 0 Å². The van der Waals surface area contributed by atoms with Gasteiger partial charge in [0.05, 0.1) is 0 Å². The van der Waals surface area contributed by atoms with Crippen molar-refractivity contribution < 1.29 is 0 Å². The molecule has 0 aliphatic rings. The van der Waals surface area contributed by atoms with Crippen LogP contribution in [0.2, 0.25) is 0 Å². The van der Waals surface area contributed by atoms with Crippen molar-refractivity contribution in [3.05, 3.63) is 29.1 Å². The average Bonchev–Trinajstić information content (AvgIpc) is 2.11. The van der Waals surface area contributed by atoms with Crippen LogP contribution in [0.25, 0.3) is 0 Å². The maximum Gasteiger partial charge on any atom is 0.0422 e. The third kappa shape index (κ3) is 3.88. The van der Waals surface area contributed by atoms with Crippen LogP contribution < -0.4 is 5.32 Å². The van der Waals surface area contributed by atoms with Gasteiger partial charge in [-0.15, -0.1) is 0 Å². The molecule has 1 aromatic rings. The van der Waals surface area contributed by atoms with Crippen molar-refractivity contribution in [2.75, 3.05) is 13.1 Å². The van der Waals surface area contributed by atoms with E-state index in [1.807, 2.05) is 0 Å². The summed E-state index contributed by atoms with van der Waals surface area (Å²) in [6.45, 7) is 8.49. The Morgan fingerprint density at radius 1 is 1.21 bits per heavy atom. The van der Waals surface area contributed by atoms with Gasteiger partial charge in [-0.2, -0.15) is 0 Å². The van der Waals surface area contributed by atoms with E-state index in [-0.39, 0.29) is 0 Å². The molecule has 0 saturated carbocycles. The second-order valence-corrected chi connectivity index (χ2v) is 3.78. The number of pyridine rings is 1. The quantitative estimate of drug-likeness (QED) is 0.724. The summed E-state index contributed by atoms with van der Waals surface area (Å²) >= 11 is 0. The number of aromatic nitrogens is 1. The fraction of sp³-hybridized carbons (Fsp3) is 0.583. The molecular formula is C12H20N2. The van der Waals surface area contributed by atoms with E-state index in [9.17, 15) is 0 Å². The van der Waals surface area contributed by atoms with E-state index in [2.05, 4.69) is 43.2 Å². The lowest BCUT2D eigenvalue weighted by Crippen LogP contribution is -2.18.